The van der Waals surface area contributed by atoms with Gasteiger partial charge in [-0.1, -0.05) is 0 Å². The lowest BCUT2D eigenvalue weighted by atomic mass is 10.2. The summed E-state index contributed by atoms with van der Waals surface area (Å²) >= 11 is 0. The molecule has 0 radical (unpaired) electrons. The normalized spacial score (nSPS) is 10.3. The van der Waals surface area contributed by atoms with Gasteiger partial charge in [-0.3, -0.25) is 0 Å². The van der Waals surface area contributed by atoms with Crippen LogP contribution in [0.2, 0.25) is 0 Å². The molecule has 0 spiro atoms. The molecule has 1 heterocycles. The molecule has 0 saturated heterocycles. The first-order valence-electron chi connectivity index (χ1n) is 4.32. The molecule has 0 aliphatic rings. The number of hydrogen-bond donors (Lipinski definition) is 0. The molecular formula is C10H14N2O. The molecular weight excluding hydrogens is 164 g/mol. The van der Waals surface area contributed by atoms with Crippen molar-refractivity contribution in [1.82, 2.24) is 4.90 Å². The maximum absolute atomic E-state index is 8.40. The van der Waals surface area contributed by atoms with Crippen molar-refractivity contribution in [3.8, 4) is 6.07 Å². The summed E-state index contributed by atoms with van der Waals surface area (Å²) in [5.41, 5.74) is 1.19. The van der Waals surface area contributed by atoms with Crippen LogP contribution in [0.5, 0.6) is 0 Å². The first-order valence-corrected chi connectivity index (χ1v) is 4.32. The Morgan fingerprint density at radius 2 is 2.38 bits per heavy atom. The number of hydrogen-bond acceptors (Lipinski definition) is 3. The SMILES string of the molecule is Cc1occc1CN(C)CCC#N. The molecule has 0 N–H and O–H groups in total. The molecule has 0 fully saturated rings. The van der Waals surface area contributed by atoms with E-state index in [0.29, 0.717) is 6.42 Å². The van der Waals surface area contributed by atoms with Gasteiger partial charge in [0.2, 0.25) is 0 Å². The number of aryl methyl sites for hydroxylation is 1. The van der Waals surface area contributed by atoms with Crippen LogP contribution in [0.25, 0.3) is 0 Å². The number of furan rings is 1. The second-order valence-corrected chi connectivity index (χ2v) is 3.15. The lowest BCUT2D eigenvalue weighted by Gasteiger charge is -2.13. The Morgan fingerprint density at radius 3 is 2.92 bits per heavy atom. The predicted octanol–water partition coefficient (Wildman–Crippen LogP) is 1.93. The second-order valence-electron chi connectivity index (χ2n) is 3.15. The van der Waals surface area contributed by atoms with Gasteiger partial charge in [0.05, 0.1) is 12.3 Å². The summed E-state index contributed by atoms with van der Waals surface area (Å²) in [4.78, 5) is 2.11. The van der Waals surface area contributed by atoms with Crippen molar-refractivity contribution in [2.45, 2.75) is 19.9 Å². The quantitative estimate of drug-likeness (QED) is 0.707. The summed E-state index contributed by atoms with van der Waals surface area (Å²) in [6.07, 6.45) is 2.27. The largest absolute Gasteiger partial charge is 0.469 e. The number of nitriles is 1. The molecule has 1 aromatic rings. The van der Waals surface area contributed by atoms with Crippen LogP contribution >= 0.6 is 0 Å². The predicted molar refractivity (Wildman–Crippen MR) is 50.0 cm³/mol. The van der Waals surface area contributed by atoms with Crippen LogP contribution in [0.1, 0.15) is 17.7 Å². The third-order valence-electron chi connectivity index (χ3n) is 2.01. The Balaban J connectivity index is 2.41. The lowest BCUT2D eigenvalue weighted by molar-refractivity contribution is 0.332. The van der Waals surface area contributed by atoms with Crippen LogP contribution in [-0.4, -0.2) is 18.5 Å². The lowest BCUT2D eigenvalue weighted by Crippen LogP contribution is -2.18. The molecule has 0 amide bonds. The average Bonchev–Trinajstić information content (AvgIpc) is 2.48. The minimum atomic E-state index is 0.577. The van der Waals surface area contributed by atoms with Crippen molar-refractivity contribution in [3.63, 3.8) is 0 Å². The zero-order chi connectivity index (χ0) is 9.68. The zero-order valence-corrected chi connectivity index (χ0v) is 8.08. The summed E-state index contributed by atoms with van der Waals surface area (Å²) in [5.74, 6) is 0.962. The minimum Gasteiger partial charge on any atom is -0.469 e. The van der Waals surface area contributed by atoms with Crippen LogP contribution < -0.4 is 0 Å². The molecule has 0 atom stereocenters. The van der Waals surface area contributed by atoms with Gasteiger partial charge in [0.15, 0.2) is 0 Å². The molecule has 13 heavy (non-hydrogen) atoms. The standard InChI is InChI=1S/C10H14N2O/c1-9-10(4-7-13-9)8-12(2)6-3-5-11/h4,7H,3,6,8H2,1-2H3. The van der Waals surface area contributed by atoms with E-state index < -0.39 is 0 Å². The number of rotatable bonds is 4. The minimum absolute atomic E-state index is 0.577. The highest BCUT2D eigenvalue weighted by Gasteiger charge is 2.04. The summed E-state index contributed by atoms with van der Waals surface area (Å²) in [6.45, 7) is 3.61. The van der Waals surface area contributed by atoms with Crippen molar-refractivity contribution < 1.29 is 4.42 Å². The van der Waals surface area contributed by atoms with Gasteiger partial charge in [-0.25, -0.2) is 0 Å². The van der Waals surface area contributed by atoms with E-state index >= 15 is 0 Å². The highest BCUT2D eigenvalue weighted by atomic mass is 16.3. The zero-order valence-electron chi connectivity index (χ0n) is 8.08. The van der Waals surface area contributed by atoms with Gasteiger partial charge in [-0.15, -0.1) is 0 Å². The monoisotopic (exact) mass is 178 g/mol. The van der Waals surface area contributed by atoms with Crippen LogP contribution in [-0.2, 0) is 6.54 Å². The molecule has 0 saturated carbocycles. The Hall–Kier alpha value is -1.27. The Bertz CT molecular complexity index is 298. The van der Waals surface area contributed by atoms with Crippen molar-refractivity contribution in [3.05, 3.63) is 23.7 Å². The molecule has 0 aliphatic heterocycles. The van der Waals surface area contributed by atoms with E-state index in [-0.39, 0.29) is 0 Å². The Kier molecular flexibility index (Phi) is 3.53. The maximum Gasteiger partial charge on any atom is 0.105 e. The summed E-state index contributed by atoms with van der Waals surface area (Å²) < 4.78 is 5.18. The molecule has 1 aromatic heterocycles. The molecule has 0 unspecified atom stereocenters. The highest BCUT2D eigenvalue weighted by Crippen LogP contribution is 2.10. The van der Waals surface area contributed by atoms with E-state index in [9.17, 15) is 0 Å². The summed E-state index contributed by atoms with van der Waals surface area (Å²) in [7, 11) is 2.00. The third kappa shape index (κ3) is 2.92. The van der Waals surface area contributed by atoms with Crippen LogP contribution in [0.4, 0.5) is 0 Å². The van der Waals surface area contributed by atoms with Crippen LogP contribution in [0.3, 0.4) is 0 Å². The smallest absolute Gasteiger partial charge is 0.105 e. The van der Waals surface area contributed by atoms with Crippen molar-refractivity contribution in [2.75, 3.05) is 13.6 Å². The van der Waals surface area contributed by atoms with Gasteiger partial charge >= 0.3 is 0 Å². The van der Waals surface area contributed by atoms with Crippen LogP contribution in [0, 0.1) is 18.3 Å². The molecule has 3 nitrogen and oxygen atoms in total. The fourth-order valence-corrected chi connectivity index (χ4v) is 1.19. The first kappa shape index (κ1) is 9.82. The fourth-order valence-electron chi connectivity index (χ4n) is 1.19. The topological polar surface area (TPSA) is 40.2 Å². The molecule has 3 heteroatoms. The van der Waals surface area contributed by atoms with Crippen molar-refractivity contribution in [2.24, 2.45) is 0 Å². The van der Waals surface area contributed by atoms with Gasteiger partial charge < -0.3 is 9.32 Å². The van der Waals surface area contributed by atoms with Gasteiger partial charge in [0.25, 0.3) is 0 Å². The van der Waals surface area contributed by atoms with E-state index in [1.54, 1.807) is 6.26 Å². The molecule has 0 aromatic carbocycles. The Labute approximate surface area is 78.6 Å². The van der Waals surface area contributed by atoms with E-state index in [4.69, 9.17) is 9.68 Å². The van der Waals surface area contributed by atoms with Crippen molar-refractivity contribution in [1.29, 1.82) is 5.26 Å². The van der Waals surface area contributed by atoms with E-state index in [0.717, 1.165) is 18.8 Å². The first-order chi connectivity index (χ1) is 6.24. The van der Waals surface area contributed by atoms with Crippen LogP contribution in [0.15, 0.2) is 16.7 Å². The van der Waals surface area contributed by atoms with E-state index in [2.05, 4.69) is 11.0 Å². The highest BCUT2D eigenvalue weighted by molar-refractivity contribution is 5.14. The molecule has 1 rings (SSSR count). The summed E-state index contributed by atoms with van der Waals surface area (Å²) in [6, 6.07) is 4.10. The van der Waals surface area contributed by atoms with Gasteiger partial charge in [-0.2, -0.15) is 5.26 Å². The van der Waals surface area contributed by atoms with E-state index in [1.807, 2.05) is 20.0 Å². The fraction of sp³-hybridized carbons (Fsp3) is 0.500. The summed E-state index contributed by atoms with van der Waals surface area (Å²) in [5, 5.41) is 8.40. The Morgan fingerprint density at radius 1 is 1.62 bits per heavy atom. The van der Waals surface area contributed by atoms with Crippen molar-refractivity contribution >= 4 is 0 Å². The maximum atomic E-state index is 8.40. The number of nitrogens with zero attached hydrogens (tertiary/aromatic N) is 2. The molecule has 0 aliphatic carbocycles. The van der Waals surface area contributed by atoms with E-state index in [1.165, 1.54) is 5.56 Å². The second kappa shape index (κ2) is 4.68. The molecule has 70 valence electrons. The van der Waals surface area contributed by atoms with Gasteiger partial charge in [0, 0.05) is 25.1 Å². The van der Waals surface area contributed by atoms with Gasteiger partial charge in [-0.05, 0) is 20.0 Å². The molecule has 0 bridgehead atoms. The van der Waals surface area contributed by atoms with Gasteiger partial charge in [0.1, 0.15) is 5.76 Å². The average molecular weight is 178 g/mol. The third-order valence-corrected chi connectivity index (χ3v) is 2.01.